The van der Waals surface area contributed by atoms with Gasteiger partial charge in [0.1, 0.15) is 5.76 Å². The fraction of sp³-hybridized carbons (Fsp3) is 0.600. The Morgan fingerprint density at radius 1 is 1.58 bits per heavy atom. The lowest BCUT2D eigenvalue weighted by Crippen LogP contribution is -1.96. The number of aryl methyl sites for hydroxylation is 1. The number of furan rings is 1. The van der Waals surface area contributed by atoms with E-state index in [1.165, 1.54) is 0 Å². The number of rotatable bonds is 4. The lowest BCUT2D eigenvalue weighted by molar-refractivity contribution is 0.272. The minimum atomic E-state index is 0.186. The summed E-state index contributed by atoms with van der Waals surface area (Å²) in [5, 5.41) is 8.89. The zero-order chi connectivity index (χ0) is 8.97. The molecule has 0 aliphatic heterocycles. The second kappa shape index (κ2) is 4.31. The average Bonchev–Trinajstić information content (AvgIpc) is 2.52. The Kier molecular flexibility index (Phi) is 3.35. The van der Waals surface area contributed by atoms with Gasteiger partial charge >= 0.3 is 0 Å². The van der Waals surface area contributed by atoms with Gasteiger partial charge in [0.05, 0.1) is 6.26 Å². The van der Waals surface area contributed by atoms with Crippen LogP contribution in [0.15, 0.2) is 16.7 Å². The van der Waals surface area contributed by atoms with E-state index in [4.69, 9.17) is 9.52 Å². The molecular weight excluding hydrogens is 152 g/mol. The van der Waals surface area contributed by atoms with E-state index in [-0.39, 0.29) is 12.5 Å². The van der Waals surface area contributed by atoms with Crippen molar-refractivity contribution < 1.29 is 9.52 Å². The molecule has 0 amide bonds. The molecule has 1 heterocycles. The molecule has 0 saturated carbocycles. The first-order valence-electron chi connectivity index (χ1n) is 4.46. The van der Waals surface area contributed by atoms with Crippen LogP contribution in [0.5, 0.6) is 0 Å². The second-order valence-corrected chi connectivity index (χ2v) is 3.18. The molecule has 68 valence electrons. The molecule has 1 unspecified atom stereocenters. The smallest absolute Gasteiger partial charge is 0.104 e. The van der Waals surface area contributed by atoms with Gasteiger partial charge in [0.2, 0.25) is 0 Å². The van der Waals surface area contributed by atoms with Gasteiger partial charge in [-0.25, -0.2) is 0 Å². The van der Waals surface area contributed by atoms with Crippen molar-refractivity contribution in [2.45, 2.75) is 32.6 Å². The van der Waals surface area contributed by atoms with Gasteiger partial charge in [-0.05, 0) is 18.1 Å². The maximum absolute atomic E-state index is 8.89. The van der Waals surface area contributed by atoms with E-state index >= 15 is 0 Å². The highest BCUT2D eigenvalue weighted by Crippen LogP contribution is 2.18. The van der Waals surface area contributed by atoms with Gasteiger partial charge in [0, 0.05) is 18.9 Å². The molecule has 0 radical (unpaired) electrons. The van der Waals surface area contributed by atoms with E-state index in [2.05, 4.69) is 6.92 Å². The molecule has 2 nitrogen and oxygen atoms in total. The molecule has 0 aliphatic rings. The van der Waals surface area contributed by atoms with E-state index in [9.17, 15) is 0 Å². The van der Waals surface area contributed by atoms with Crippen LogP contribution in [0.1, 0.15) is 37.5 Å². The summed E-state index contributed by atoms with van der Waals surface area (Å²) in [6.45, 7) is 4.29. The first kappa shape index (κ1) is 9.33. The van der Waals surface area contributed by atoms with Crippen LogP contribution in [-0.4, -0.2) is 11.7 Å². The molecule has 0 saturated heterocycles. The quantitative estimate of drug-likeness (QED) is 0.748. The molecule has 1 aromatic rings. The van der Waals surface area contributed by atoms with Crippen molar-refractivity contribution in [3.8, 4) is 0 Å². The summed E-state index contributed by atoms with van der Waals surface area (Å²) in [7, 11) is 0. The highest BCUT2D eigenvalue weighted by Gasteiger charge is 2.07. The van der Waals surface area contributed by atoms with Crippen LogP contribution in [0.4, 0.5) is 0 Å². The van der Waals surface area contributed by atoms with Gasteiger partial charge in [-0.1, -0.05) is 13.8 Å². The second-order valence-electron chi connectivity index (χ2n) is 3.18. The molecular formula is C10H16O2. The SMILES string of the molecule is CCCc1cc(C(C)CO)co1. The summed E-state index contributed by atoms with van der Waals surface area (Å²) in [5.41, 5.74) is 1.10. The number of aliphatic hydroxyl groups excluding tert-OH is 1. The summed E-state index contributed by atoms with van der Waals surface area (Å²) in [4.78, 5) is 0. The molecule has 1 rings (SSSR count). The average molecular weight is 168 g/mol. The van der Waals surface area contributed by atoms with Gasteiger partial charge in [0.15, 0.2) is 0 Å². The Balaban J connectivity index is 2.63. The maximum atomic E-state index is 8.89. The molecule has 1 atom stereocenters. The van der Waals surface area contributed by atoms with Crippen molar-refractivity contribution in [2.24, 2.45) is 0 Å². The Morgan fingerprint density at radius 2 is 2.33 bits per heavy atom. The molecule has 1 aromatic heterocycles. The van der Waals surface area contributed by atoms with Gasteiger partial charge in [-0.15, -0.1) is 0 Å². The molecule has 2 heteroatoms. The third-order valence-corrected chi connectivity index (χ3v) is 2.01. The standard InChI is InChI=1S/C10H16O2/c1-3-4-10-5-9(7-12-10)8(2)6-11/h5,7-8,11H,3-4,6H2,1-2H3. The fourth-order valence-electron chi connectivity index (χ4n) is 1.14. The Morgan fingerprint density at radius 3 is 2.92 bits per heavy atom. The Hall–Kier alpha value is -0.760. The predicted molar refractivity (Wildman–Crippen MR) is 48.2 cm³/mol. The van der Waals surface area contributed by atoms with Crippen LogP contribution < -0.4 is 0 Å². The van der Waals surface area contributed by atoms with E-state index in [1.54, 1.807) is 6.26 Å². The third-order valence-electron chi connectivity index (χ3n) is 2.01. The minimum Gasteiger partial charge on any atom is -0.469 e. The lowest BCUT2D eigenvalue weighted by atomic mass is 10.1. The highest BCUT2D eigenvalue weighted by molar-refractivity contribution is 5.17. The molecule has 0 aliphatic carbocycles. The topological polar surface area (TPSA) is 33.4 Å². The van der Waals surface area contributed by atoms with Crippen LogP contribution in [-0.2, 0) is 6.42 Å². The number of hydrogen-bond acceptors (Lipinski definition) is 2. The Bertz CT molecular complexity index is 227. The summed E-state index contributed by atoms with van der Waals surface area (Å²) < 4.78 is 5.32. The molecule has 0 bridgehead atoms. The van der Waals surface area contributed by atoms with Crippen molar-refractivity contribution in [1.29, 1.82) is 0 Å². The van der Waals surface area contributed by atoms with E-state index in [0.29, 0.717) is 0 Å². The van der Waals surface area contributed by atoms with Crippen LogP contribution in [0.2, 0.25) is 0 Å². The van der Waals surface area contributed by atoms with E-state index < -0.39 is 0 Å². The number of aliphatic hydroxyl groups is 1. The first-order chi connectivity index (χ1) is 5.77. The third kappa shape index (κ3) is 2.11. The molecule has 0 aromatic carbocycles. The number of hydrogen-bond donors (Lipinski definition) is 1. The van der Waals surface area contributed by atoms with E-state index in [1.807, 2.05) is 13.0 Å². The van der Waals surface area contributed by atoms with Crippen molar-refractivity contribution in [2.75, 3.05) is 6.61 Å². The van der Waals surface area contributed by atoms with Crippen molar-refractivity contribution in [3.63, 3.8) is 0 Å². The summed E-state index contributed by atoms with van der Waals surface area (Å²) in [5.74, 6) is 1.21. The molecule has 1 N–H and O–H groups in total. The van der Waals surface area contributed by atoms with Crippen LogP contribution in [0, 0.1) is 0 Å². The maximum Gasteiger partial charge on any atom is 0.104 e. The van der Waals surface area contributed by atoms with Crippen molar-refractivity contribution in [1.82, 2.24) is 0 Å². The molecule has 0 spiro atoms. The van der Waals surface area contributed by atoms with Crippen molar-refractivity contribution in [3.05, 3.63) is 23.7 Å². The molecule has 12 heavy (non-hydrogen) atoms. The van der Waals surface area contributed by atoms with Crippen LogP contribution in [0.25, 0.3) is 0 Å². The van der Waals surface area contributed by atoms with Crippen LogP contribution >= 0.6 is 0 Å². The van der Waals surface area contributed by atoms with Gasteiger partial charge in [0.25, 0.3) is 0 Å². The van der Waals surface area contributed by atoms with E-state index in [0.717, 1.165) is 24.2 Å². The van der Waals surface area contributed by atoms with Gasteiger partial charge in [-0.3, -0.25) is 0 Å². The predicted octanol–water partition coefficient (Wildman–Crippen LogP) is 2.33. The largest absolute Gasteiger partial charge is 0.469 e. The zero-order valence-electron chi connectivity index (χ0n) is 7.71. The lowest BCUT2D eigenvalue weighted by Gasteiger charge is -2.01. The summed E-state index contributed by atoms with van der Waals surface area (Å²) in [6, 6.07) is 2.03. The minimum absolute atomic E-state index is 0.186. The zero-order valence-corrected chi connectivity index (χ0v) is 7.71. The highest BCUT2D eigenvalue weighted by atomic mass is 16.3. The van der Waals surface area contributed by atoms with Gasteiger partial charge < -0.3 is 9.52 Å². The fourth-order valence-corrected chi connectivity index (χ4v) is 1.14. The van der Waals surface area contributed by atoms with Crippen LogP contribution in [0.3, 0.4) is 0 Å². The van der Waals surface area contributed by atoms with Crippen molar-refractivity contribution >= 4 is 0 Å². The first-order valence-corrected chi connectivity index (χ1v) is 4.46. The molecule has 0 fully saturated rings. The van der Waals surface area contributed by atoms with Gasteiger partial charge in [-0.2, -0.15) is 0 Å². The monoisotopic (exact) mass is 168 g/mol. The Labute approximate surface area is 73.2 Å². The summed E-state index contributed by atoms with van der Waals surface area (Å²) >= 11 is 0. The normalized spacial score (nSPS) is 13.2. The summed E-state index contributed by atoms with van der Waals surface area (Å²) in [6.07, 6.45) is 3.82.